The number of hydrogen-bond acceptors (Lipinski definition) is 5. The molecule has 5 aromatic carbocycles. The number of nitrogens with zero attached hydrogens (tertiary/aromatic N) is 5. The summed E-state index contributed by atoms with van der Waals surface area (Å²) in [6.45, 7) is 6.61. The van der Waals surface area contributed by atoms with Gasteiger partial charge in [-0.2, -0.15) is 0 Å². The number of anilines is 4. The van der Waals surface area contributed by atoms with E-state index in [0.29, 0.717) is 0 Å². The average molecular weight is 660 g/mol. The molecule has 51 heavy (non-hydrogen) atoms. The van der Waals surface area contributed by atoms with Crippen molar-refractivity contribution in [3.8, 4) is 28.4 Å². The van der Waals surface area contributed by atoms with Crippen molar-refractivity contribution in [2.75, 3.05) is 9.62 Å². The Kier molecular flexibility index (Phi) is 6.43. The molecule has 0 spiro atoms. The normalized spacial score (nSPS) is 13.3. The highest BCUT2D eigenvalue weighted by Crippen LogP contribution is 2.50. The van der Waals surface area contributed by atoms with Gasteiger partial charge in [0.15, 0.2) is 0 Å². The molecule has 0 aliphatic carbocycles. The summed E-state index contributed by atoms with van der Waals surface area (Å²) in [5.74, 6) is 3.32. The van der Waals surface area contributed by atoms with E-state index >= 15 is 0 Å². The van der Waals surface area contributed by atoms with Gasteiger partial charge in [0.05, 0.1) is 16.7 Å². The molecule has 10 rings (SSSR count). The molecule has 3 aromatic heterocycles. The topological polar surface area (TPSA) is 46.4 Å². The second kappa shape index (κ2) is 11.1. The molecule has 6 nitrogen and oxygen atoms in total. The van der Waals surface area contributed by atoms with Gasteiger partial charge in [0.2, 0.25) is 0 Å². The first-order valence-electron chi connectivity index (χ1n) is 17.4. The monoisotopic (exact) mass is 659 g/mol. The van der Waals surface area contributed by atoms with Crippen LogP contribution in [0, 0.1) is 0 Å². The van der Waals surface area contributed by atoms with Gasteiger partial charge in [0, 0.05) is 52.2 Å². The van der Waals surface area contributed by atoms with Crippen LogP contribution in [0.3, 0.4) is 0 Å². The van der Waals surface area contributed by atoms with E-state index in [2.05, 4.69) is 162 Å². The van der Waals surface area contributed by atoms with Crippen LogP contribution in [0.4, 0.5) is 22.9 Å². The maximum Gasteiger partial charge on any atom is 0.422 e. The smallest absolute Gasteiger partial charge is 0.422 e. The van der Waals surface area contributed by atoms with Gasteiger partial charge in [0.1, 0.15) is 23.1 Å². The zero-order chi connectivity index (χ0) is 34.3. The molecule has 2 aliphatic heterocycles. The fraction of sp³-hybridized carbons (Fsp3) is 0.0909. The van der Waals surface area contributed by atoms with Gasteiger partial charge < -0.3 is 14.4 Å². The SMILES string of the molecule is CC(C)(C)c1ccnc(-n2c3ccccc3c3ccc(Oc4cccc(N5B6c7ccccc7-c7ccccc7N6c6cccnc65)c4)cc32)c1. The van der Waals surface area contributed by atoms with Crippen LogP contribution in [0.25, 0.3) is 38.8 Å². The molecule has 5 heterocycles. The number of hydrogen-bond donors (Lipinski definition) is 0. The van der Waals surface area contributed by atoms with Gasteiger partial charge in [-0.1, -0.05) is 87.5 Å². The molecular weight excluding hydrogens is 625 g/mol. The molecule has 0 saturated heterocycles. The minimum absolute atomic E-state index is 0.00122. The summed E-state index contributed by atoms with van der Waals surface area (Å²) >= 11 is 0. The van der Waals surface area contributed by atoms with Crippen LogP contribution in [0.2, 0.25) is 0 Å². The summed E-state index contributed by atoms with van der Waals surface area (Å²) in [6, 6.07) is 49.1. The van der Waals surface area contributed by atoms with E-state index in [4.69, 9.17) is 14.7 Å². The van der Waals surface area contributed by atoms with Gasteiger partial charge in [0.25, 0.3) is 0 Å². The van der Waals surface area contributed by atoms with Crippen molar-refractivity contribution in [3.63, 3.8) is 0 Å². The van der Waals surface area contributed by atoms with Crippen molar-refractivity contribution in [1.82, 2.24) is 14.5 Å². The lowest BCUT2D eigenvalue weighted by atomic mass is 9.59. The predicted molar refractivity (Wildman–Crippen MR) is 210 cm³/mol. The third-order valence-corrected chi connectivity index (χ3v) is 10.3. The van der Waals surface area contributed by atoms with Crippen molar-refractivity contribution < 1.29 is 4.74 Å². The van der Waals surface area contributed by atoms with Gasteiger partial charge in [-0.15, -0.1) is 0 Å². The maximum absolute atomic E-state index is 6.71. The molecule has 0 fully saturated rings. The van der Waals surface area contributed by atoms with E-state index in [1.54, 1.807) is 0 Å². The van der Waals surface area contributed by atoms with Crippen LogP contribution in [-0.4, -0.2) is 21.5 Å². The molecule has 0 radical (unpaired) electrons. The highest BCUT2D eigenvalue weighted by Gasteiger charge is 2.48. The largest absolute Gasteiger partial charge is 0.457 e. The van der Waals surface area contributed by atoms with Crippen LogP contribution in [0.15, 0.2) is 152 Å². The van der Waals surface area contributed by atoms with Gasteiger partial charge in [-0.05, 0) is 82.7 Å². The standard InChI is InChI=1S/C44H34BN5O/c1-44(2,3)29-23-25-46-42(26-29)48-38-18-8-5-16-35(38)36-22-21-32(28-41(36)48)51-31-13-10-12-30(27-31)49-43-40(20-11-24-47-43)50-39-19-9-6-15-34(39)33-14-4-7-17-37(33)45(49)50/h4-28H,1-3H3. The Bertz CT molecular complexity index is 2660. The molecule has 0 amide bonds. The van der Waals surface area contributed by atoms with Crippen LogP contribution in [-0.2, 0) is 5.41 Å². The number of benzene rings is 5. The van der Waals surface area contributed by atoms with Crippen LogP contribution < -0.4 is 19.8 Å². The first-order chi connectivity index (χ1) is 24.9. The van der Waals surface area contributed by atoms with Crippen molar-refractivity contribution in [2.45, 2.75) is 26.2 Å². The zero-order valence-corrected chi connectivity index (χ0v) is 28.7. The van der Waals surface area contributed by atoms with E-state index in [1.165, 1.54) is 33.2 Å². The van der Waals surface area contributed by atoms with E-state index in [1.807, 2.05) is 24.5 Å². The third kappa shape index (κ3) is 4.58. The Morgan fingerprint density at radius 3 is 2.24 bits per heavy atom. The first-order valence-corrected chi connectivity index (χ1v) is 17.4. The Labute approximate surface area is 297 Å². The van der Waals surface area contributed by atoms with Crippen LogP contribution in [0.1, 0.15) is 26.3 Å². The molecule has 0 saturated carbocycles. The summed E-state index contributed by atoms with van der Waals surface area (Å²) in [5.41, 5.74) is 10.4. The van der Waals surface area contributed by atoms with E-state index in [9.17, 15) is 0 Å². The molecule has 0 atom stereocenters. The summed E-state index contributed by atoms with van der Waals surface area (Å²) in [4.78, 5) is 14.6. The second-order valence-electron chi connectivity index (χ2n) is 14.3. The first kappa shape index (κ1) is 29.6. The molecular formula is C44H34BN5O. The Balaban J connectivity index is 1.07. The van der Waals surface area contributed by atoms with Crippen LogP contribution >= 0.6 is 0 Å². The maximum atomic E-state index is 6.71. The van der Waals surface area contributed by atoms with Gasteiger partial charge >= 0.3 is 6.98 Å². The van der Waals surface area contributed by atoms with Crippen molar-refractivity contribution in [1.29, 1.82) is 0 Å². The minimum Gasteiger partial charge on any atom is -0.457 e. The number of ether oxygens (including phenoxy) is 1. The van der Waals surface area contributed by atoms with Gasteiger partial charge in [-0.25, -0.2) is 9.97 Å². The number of rotatable bonds is 4. The lowest BCUT2D eigenvalue weighted by Gasteiger charge is -2.36. The fourth-order valence-electron chi connectivity index (χ4n) is 7.91. The number of pyridine rings is 2. The molecule has 0 bridgehead atoms. The fourth-order valence-corrected chi connectivity index (χ4v) is 7.91. The number of fused-ring (bicyclic) bond motifs is 11. The molecule has 8 aromatic rings. The van der Waals surface area contributed by atoms with Crippen molar-refractivity contribution >= 4 is 57.1 Å². The quantitative estimate of drug-likeness (QED) is 0.176. The molecule has 0 unspecified atom stereocenters. The average Bonchev–Trinajstić information content (AvgIpc) is 3.68. The Morgan fingerprint density at radius 1 is 0.569 bits per heavy atom. The molecule has 2 aliphatic rings. The van der Waals surface area contributed by atoms with Crippen LogP contribution in [0.5, 0.6) is 11.5 Å². The van der Waals surface area contributed by atoms with Crippen molar-refractivity contribution in [2.24, 2.45) is 0 Å². The lowest BCUT2D eigenvalue weighted by molar-refractivity contribution is 0.483. The number of para-hydroxylation sites is 2. The van der Waals surface area contributed by atoms with Crippen molar-refractivity contribution in [3.05, 3.63) is 157 Å². The summed E-state index contributed by atoms with van der Waals surface area (Å²) in [6.07, 6.45) is 3.79. The van der Waals surface area contributed by atoms with Gasteiger partial charge in [-0.3, -0.25) is 4.57 Å². The molecule has 7 heteroatoms. The highest BCUT2D eigenvalue weighted by molar-refractivity contribution is 6.86. The summed E-state index contributed by atoms with van der Waals surface area (Å²) in [5, 5.41) is 2.34. The summed E-state index contributed by atoms with van der Waals surface area (Å²) in [7, 11) is 0. The Morgan fingerprint density at radius 2 is 1.33 bits per heavy atom. The molecule has 0 N–H and O–H groups in total. The highest BCUT2D eigenvalue weighted by atomic mass is 16.5. The van der Waals surface area contributed by atoms with E-state index in [-0.39, 0.29) is 12.4 Å². The second-order valence-corrected chi connectivity index (χ2v) is 14.3. The molecule has 244 valence electrons. The zero-order valence-electron chi connectivity index (χ0n) is 28.7. The van der Waals surface area contributed by atoms with E-state index < -0.39 is 0 Å². The lowest BCUT2D eigenvalue weighted by Crippen LogP contribution is -2.55. The minimum atomic E-state index is -0.0975. The third-order valence-electron chi connectivity index (χ3n) is 10.3. The van der Waals surface area contributed by atoms with E-state index in [0.717, 1.165) is 50.9 Å². The predicted octanol–water partition coefficient (Wildman–Crippen LogP) is 10.3. The summed E-state index contributed by atoms with van der Waals surface area (Å²) < 4.78 is 8.96. The Hall–Kier alpha value is -6.34. The number of aromatic nitrogens is 3.